The Balaban J connectivity index is 2.17. The summed E-state index contributed by atoms with van der Waals surface area (Å²) < 4.78 is 66.9. The van der Waals surface area contributed by atoms with Gasteiger partial charge in [-0.2, -0.15) is 0 Å². The quantitative estimate of drug-likeness (QED) is 0.845. The van der Waals surface area contributed by atoms with Crippen LogP contribution in [0.25, 0.3) is 0 Å². The SMILES string of the molecule is O=S(=O)(Nc1ccc(OC(F)(F)F)cc1)c1cccc(Br)c1. The molecule has 0 atom stereocenters. The van der Waals surface area contributed by atoms with Crippen LogP contribution in [0, 0.1) is 0 Å². The van der Waals surface area contributed by atoms with E-state index in [1.54, 1.807) is 12.1 Å². The zero-order chi connectivity index (χ0) is 16.4. The average Bonchev–Trinajstić information content (AvgIpc) is 2.39. The van der Waals surface area contributed by atoms with Crippen molar-refractivity contribution >= 4 is 31.6 Å². The average molecular weight is 396 g/mol. The van der Waals surface area contributed by atoms with Gasteiger partial charge in [0, 0.05) is 10.2 Å². The van der Waals surface area contributed by atoms with Gasteiger partial charge < -0.3 is 4.74 Å². The van der Waals surface area contributed by atoms with Crippen molar-refractivity contribution in [3.05, 3.63) is 53.0 Å². The number of hydrogen-bond acceptors (Lipinski definition) is 3. The molecule has 0 aliphatic rings. The Morgan fingerprint density at radius 1 is 1.05 bits per heavy atom. The van der Waals surface area contributed by atoms with Gasteiger partial charge in [-0.15, -0.1) is 13.2 Å². The molecule has 0 saturated carbocycles. The van der Waals surface area contributed by atoms with Gasteiger partial charge in [-0.05, 0) is 42.5 Å². The highest BCUT2D eigenvalue weighted by Crippen LogP contribution is 2.25. The summed E-state index contributed by atoms with van der Waals surface area (Å²) >= 11 is 3.16. The van der Waals surface area contributed by atoms with Crippen molar-refractivity contribution in [2.24, 2.45) is 0 Å². The summed E-state index contributed by atoms with van der Waals surface area (Å²) in [6.45, 7) is 0. The molecule has 0 bridgehead atoms. The molecule has 4 nitrogen and oxygen atoms in total. The Morgan fingerprint density at radius 3 is 2.23 bits per heavy atom. The van der Waals surface area contributed by atoms with E-state index in [0.29, 0.717) is 4.47 Å². The molecular formula is C13H9BrF3NO3S. The molecule has 22 heavy (non-hydrogen) atoms. The molecule has 2 rings (SSSR count). The van der Waals surface area contributed by atoms with Crippen LogP contribution in [-0.2, 0) is 10.0 Å². The third-order valence-electron chi connectivity index (χ3n) is 2.45. The maximum atomic E-state index is 12.1. The molecule has 1 N–H and O–H groups in total. The zero-order valence-corrected chi connectivity index (χ0v) is 13.2. The van der Waals surface area contributed by atoms with Crippen LogP contribution in [0.15, 0.2) is 57.9 Å². The molecule has 0 fully saturated rings. The fourth-order valence-electron chi connectivity index (χ4n) is 1.57. The smallest absolute Gasteiger partial charge is 0.406 e. The second-order valence-corrected chi connectivity index (χ2v) is 6.73. The fourth-order valence-corrected chi connectivity index (χ4v) is 3.23. The van der Waals surface area contributed by atoms with Crippen molar-refractivity contribution in [2.75, 3.05) is 4.72 Å². The van der Waals surface area contributed by atoms with Gasteiger partial charge in [0.15, 0.2) is 0 Å². The number of sulfonamides is 1. The van der Waals surface area contributed by atoms with Gasteiger partial charge in [-0.1, -0.05) is 22.0 Å². The number of hydrogen-bond donors (Lipinski definition) is 1. The maximum absolute atomic E-state index is 12.1. The number of benzene rings is 2. The monoisotopic (exact) mass is 395 g/mol. The molecule has 0 saturated heterocycles. The lowest BCUT2D eigenvalue weighted by Crippen LogP contribution is -2.17. The number of alkyl halides is 3. The lowest BCUT2D eigenvalue weighted by atomic mass is 10.3. The highest BCUT2D eigenvalue weighted by molar-refractivity contribution is 9.10. The Hall–Kier alpha value is -1.74. The number of halogens is 4. The second kappa shape index (κ2) is 6.17. The predicted octanol–water partition coefficient (Wildman–Crippen LogP) is 4.15. The Bertz CT molecular complexity index is 761. The first-order valence-corrected chi connectivity index (χ1v) is 8.07. The van der Waals surface area contributed by atoms with Gasteiger partial charge in [-0.3, -0.25) is 4.72 Å². The van der Waals surface area contributed by atoms with Gasteiger partial charge >= 0.3 is 6.36 Å². The maximum Gasteiger partial charge on any atom is 0.573 e. The number of ether oxygens (including phenoxy) is 1. The van der Waals surface area contributed by atoms with E-state index in [2.05, 4.69) is 25.4 Å². The molecule has 0 aliphatic carbocycles. The van der Waals surface area contributed by atoms with Crippen LogP contribution < -0.4 is 9.46 Å². The lowest BCUT2D eigenvalue weighted by molar-refractivity contribution is -0.274. The van der Waals surface area contributed by atoms with Crippen molar-refractivity contribution < 1.29 is 26.3 Å². The van der Waals surface area contributed by atoms with Crippen LogP contribution in [0.1, 0.15) is 0 Å². The molecule has 0 unspecified atom stereocenters. The van der Waals surface area contributed by atoms with Crippen LogP contribution in [0.5, 0.6) is 5.75 Å². The lowest BCUT2D eigenvalue weighted by Gasteiger charge is -2.11. The Kier molecular flexibility index (Phi) is 4.66. The molecule has 0 heterocycles. The number of anilines is 1. The summed E-state index contributed by atoms with van der Waals surface area (Å²) in [5.41, 5.74) is 0.120. The predicted molar refractivity (Wildman–Crippen MR) is 78.1 cm³/mol. The van der Waals surface area contributed by atoms with Gasteiger partial charge in [0.2, 0.25) is 0 Å². The normalized spacial score (nSPS) is 12.0. The largest absolute Gasteiger partial charge is 0.573 e. The van der Waals surface area contributed by atoms with Crippen molar-refractivity contribution in [3.8, 4) is 5.75 Å². The van der Waals surface area contributed by atoms with Gasteiger partial charge in [-0.25, -0.2) is 8.42 Å². The molecule has 2 aromatic rings. The van der Waals surface area contributed by atoms with E-state index in [4.69, 9.17) is 0 Å². The summed E-state index contributed by atoms with van der Waals surface area (Å²) in [6, 6.07) is 10.4. The van der Waals surface area contributed by atoms with Crippen LogP contribution in [0.2, 0.25) is 0 Å². The molecule has 9 heteroatoms. The third kappa shape index (κ3) is 4.63. The fraction of sp³-hybridized carbons (Fsp3) is 0.0769. The second-order valence-electron chi connectivity index (χ2n) is 4.14. The molecule has 0 aliphatic heterocycles. The summed E-state index contributed by atoms with van der Waals surface area (Å²) in [5, 5.41) is 0. The minimum Gasteiger partial charge on any atom is -0.406 e. The zero-order valence-electron chi connectivity index (χ0n) is 10.8. The van der Waals surface area contributed by atoms with Gasteiger partial charge in [0.1, 0.15) is 5.75 Å². The van der Waals surface area contributed by atoms with E-state index in [-0.39, 0.29) is 10.6 Å². The van der Waals surface area contributed by atoms with Crippen LogP contribution in [0.3, 0.4) is 0 Å². The van der Waals surface area contributed by atoms with Gasteiger partial charge in [0.25, 0.3) is 10.0 Å². The van der Waals surface area contributed by atoms with E-state index in [1.165, 1.54) is 24.3 Å². The summed E-state index contributed by atoms with van der Waals surface area (Å²) in [6.07, 6.45) is -4.79. The number of rotatable bonds is 4. The van der Waals surface area contributed by atoms with Crippen molar-refractivity contribution in [1.29, 1.82) is 0 Å². The third-order valence-corrected chi connectivity index (χ3v) is 4.32. The summed E-state index contributed by atoms with van der Waals surface area (Å²) in [4.78, 5) is 0.0255. The van der Waals surface area contributed by atoms with Gasteiger partial charge in [0.05, 0.1) is 4.90 Å². The topological polar surface area (TPSA) is 55.4 Å². The van der Waals surface area contributed by atoms with E-state index < -0.39 is 22.1 Å². The van der Waals surface area contributed by atoms with Crippen LogP contribution >= 0.6 is 15.9 Å². The standard InChI is InChI=1S/C13H9BrF3NO3S/c14-9-2-1-3-12(8-9)22(19,20)18-10-4-6-11(7-5-10)21-13(15,16)17/h1-8,18H. The van der Waals surface area contributed by atoms with E-state index in [0.717, 1.165) is 12.1 Å². The first kappa shape index (κ1) is 16.6. The summed E-state index contributed by atoms with van der Waals surface area (Å²) in [5.74, 6) is -0.432. The first-order chi connectivity index (χ1) is 10.2. The van der Waals surface area contributed by atoms with Crippen LogP contribution in [-0.4, -0.2) is 14.8 Å². The van der Waals surface area contributed by atoms with E-state index >= 15 is 0 Å². The molecule has 0 radical (unpaired) electrons. The Morgan fingerprint density at radius 2 is 1.68 bits per heavy atom. The first-order valence-electron chi connectivity index (χ1n) is 5.80. The molecule has 2 aromatic carbocycles. The highest BCUT2D eigenvalue weighted by Gasteiger charge is 2.31. The minimum atomic E-state index is -4.79. The highest BCUT2D eigenvalue weighted by atomic mass is 79.9. The van der Waals surface area contributed by atoms with E-state index in [9.17, 15) is 21.6 Å². The van der Waals surface area contributed by atoms with Crippen LogP contribution in [0.4, 0.5) is 18.9 Å². The number of nitrogens with one attached hydrogen (secondary N) is 1. The molecule has 118 valence electrons. The van der Waals surface area contributed by atoms with E-state index in [1.807, 2.05) is 0 Å². The van der Waals surface area contributed by atoms with Crippen molar-refractivity contribution in [2.45, 2.75) is 11.3 Å². The minimum absolute atomic E-state index is 0.0255. The van der Waals surface area contributed by atoms with Crippen molar-refractivity contribution in [3.63, 3.8) is 0 Å². The summed E-state index contributed by atoms with van der Waals surface area (Å²) in [7, 11) is -3.83. The molecule has 0 amide bonds. The molecular weight excluding hydrogens is 387 g/mol. The van der Waals surface area contributed by atoms with Crippen molar-refractivity contribution in [1.82, 2.24) is 0 Å². The Labute approximate surface area is 133 Å². The molecule has 0 aromatic heterocycles. The molecule has 0 spiro atoms.